The average Bonchev–Trinajstić information content (AvgIpc) is 3.06. The van der Waals surface area contributed by atoms with Crippen LogP contribution >= 0.6 is 23.7 Å². The highest BCUT2D eigenvalue weighted by molar-refractivity contribution is 7.20. The number of piperidine rings is 1. The molecule has 4 rings (SSSR count). The van der Waals surface area contributed by atoms with E-state index in [1.807, 2.05) is 49.4 Å². The number of benzene rings is 2. The molecular formula is C24H28ClNO3S. The quantitative estimate of drug-likeness (QED) is 0.438. The molecule has 0 amide bonds. The minimum atomic E-state index is 0. The molecule has 0 bridgehead atoms. The topological polar surface area (TPSA) is 41.9 Å². The number of hydrogen-bond acceptors (Lipinski definition) is 5. The summed E-state index contributed by atoms with van der Waals surface area (Å²) in [4.78, 5) is 3.51. The zero-order valence-electron chi connectivity index (χ0n) is 17.2. The largest absolute Gasteiger partial charge is 0.508 e. The molecule has 2 heterocycles. The lowest BCUT2D eigenvalue weighted by atomic mass is 10.1. The maximum absolute atomic E-state index is 9.77. The molecular weight excluding hydrogens is 418 g/mol. The number of hydrogen-bond donors (Lipinski definition) is 1. The predicted molar refractivity (Wildman–Crippen MR) is 128 cm³/mol. The van der Waals surface area contributed by atoms with E-state index >= 15 is 0 Å². The Bertz CT molecular complexity index is 978. The van der Waals surface area contributed by atoms with Gasteiger partial charge in [-0.1, -0.05) is 12.5 Å². The third-order valence-corrected chi connectivity index (χ3v) is 6.24. The number of thiophene rings is 1. The van der Waals surface area contributed by atoms with E-state index in [0.717, 1.165) is 38.8 Å². The number of halogens is 1. The standard InChI is InChI=1S/C24H27NO3S.ClH/c1-2-6-22-24(21-12-7-18(26)17-23(21)29-22)28-20-10-8-19(9-11-20)27-16-15-25-13-4-3-5-14-25;/h2,6-12,17,26H,3-5,13-16H2,1H3;1H. The second kappa shape index (κ2) is 10.7. The van der Waals surface area contributed by atoms with Crippen molar-refractivity contribution in [3.8, 4) is 23.0 Å². The first-order chi connectivity index (χ1) is 14.2. The molecule has 2 aromatic carbocycles. The molecule has 1 aliphatic heterocycles. The lowest BCUT2D eigenvalue weighted by Crippen LogP contribution is -2.33. The van der Waals surface area contributed by atoms with Gasteiger partial charge >= 0.3 is 0 Å². The number of ether oxygens (including phenoxy) is 2. The van der Waals surface area contributed by atoms with Crippen LogP contribution in [-0.2, 0) is 0 Å². The van der Waals surface area contributed by atoms with Gasteiger partial charge in [-0.25, -0.2) is 0 Å². The minimum absolute atomic E-state index is 0. The van der Waals surface area contributed by atoms with Gasteiger partial charge in [0.1, 0.15) is 23.9 Å². The highest BCUT2D eigenvalue weighted by Gasteiger charge is 2.14. The summed E-state index contributed by atoms with van der Waals surface area (Å²) in [7, 11) is 0. The van der Waals surface area contributed by atoms with Crippen molar-refractivity contribution in [2.24, 2.45) is 0 Å². The number of rotatable bonds is 7. The van der Waals surface area contributed by atoms with Crippen LogP contribution in [0.25, 0.3) is 16.2 Å². The van der Waals surface area contributed by atoms with E-state index < -0.39 is 0 Å². The summed E-state index contributed by atoms with van der Waals surface area (Å²) >= 11 is 1.61. The van der Waals surface area contributed by atoms with Crippen molar-refractivity contribution in [2.75, 3.05) is 26.2 Å². The van der Waals surface area contributed by atoms with Crippen molar-refractivity contribution in [1.82, 2.24) is 4.90 Å². The molecule has 160 valence electrons. The summed E-state index contributed by atoms with van der Waals surface area (Å²) in [5.41, 5.74) is 0. The van der Waals surface area contributed by atoms with Gasteiger partial charge in [-0.2, -0.15) is 0 Å². The van der Waals surface area contributed by atoms with Gasteiger partial charge in [0.2, 0.25) is 0 Å². The van der Waals surface area contributed by atoms with Crippen LogP contribution in [0, 0.1) is 0 Å². The van der Waals surface area contributed by atoms with Crippen LogP contribution in [0.15, 0.2) is 48.5 Å². The Morgan fingerprint density at radius 3 is 2.50 bits per heavy atom. The highest BCUT2D eigenvalue weighted by Crippen LogP contribution is 2.42. The van der Waals surface area contributed by atoms with Crippen LogP contribution in [0.1, 0.15) is 31.1 Å². The molecule has 0 saturated carbocycles. The smallest absolute Gasteiger partial charge is 0.153 e. The molecule has 1 aromatic heterocycles. The molecule has 0 spiro atoms. The van der Waals surface area contributed by atoms with Crippen LogP contribution in [0.2, 0.25) is 0 Å². The Kier molecular flexibility index (Phi) is 8.02. The van der Waals surface area contributed by atoms with Gasteiger partial charge < -0.3 is 14.6 Å². The first kappa shape index (κ1) is 22.5. The number of allylic oxidation sites excluding steroid dienone is 1. The van der Waals surface area contributed by atoms with E-state index in [-0.39, 0.29) is 18.2 Å². The summed E-state index contributed by atoms with van der Waals surface area (Å²) in [6.07, 6.45) is 8.00. The van der Waals surface area contributed by atoms with Crippen molar-refractivity contribution in [1.29, 1.82) is 0 Å². The van der Waals surface area contributed by atoms with Crippen LogP contribution in [0.5, 0.6) is 23.0 Å². The molecule has 6 heteroatoms. The molecule has 0 aliphatic carbocycles. The molecule has 4 nitrogen and oxygen atoms in total. The predicted octanol–water partition coefficient (Wildman–Crippen LogP) is 6.72. The SMILES string of the molecule is CC=Cc1sc2cc(O)ccc2c1Oc1ccc(OCCN2CCCCC2)cc1.Cl. The molecule has 1 N–H and O–H groups in total. The zero-order valence-corrected chi connectivity index (χ0v) is 18.8. The zero-order chi connectivity index (χ0) is 20.1. The molecule has 0 radical (unpaired) electrons. The van der Waals surface area contributed by atoms with E-state index in [0.29, 0.717) is 6.61 Å². The second-order valence-corrected chi connectivity index (χ2v) is 8.38. The van der Waals surface area contributed by atoms with E-state index in [2.05, 4.69) is 4.90 Å². The second-order valence-electron chi connectivity index (χ2n) is 7.30. The van der Waals surface area contributed by atoms with E-state index in [4.69, 9.17) is 9.47 Å². The van der Waals surface area contributed by atoms with Crippen LogP contribution < -0.4 is 9.47 Å². The van der Waals surface area contributed by atoms with E-state index in [1.165, 1.54) is 32.4 Å². The van der Waals surface area contributed by atoms with E-state index in [9.17, 15) is 5.11 Å². The lowest BCUT2D eigenvalue weighted by Gasteiger charge is -2.26. The van der Waals surface area contributed by atoms with Gasteiger partial charge in [-0.05, 0) is 81.4 Å². The minimum Gasteiger partial charge on any atom is -0.508 e. The molecule has 1 aliphatic rings. The number of nitrogens with zero attached hydrogens (tertiary/aromatic N) is 1. The Morgan fingerprint density at radius 1 is 1.03 bits per heavy atom. The van der Waals surface area contributed by atoms with Crippen molar-refractivity contribution in [3.63, 3.8) is 0 Å². The highest BCUT2D eigenvalue weighted by atomic mass is 35.5. The summed E-state index contributed by atoms with van der Waals surface area (Å²) < 4.78 is 13.1. The average molecular weight is 446 g/mol. The Morgan fingerprint density at radius 2 is 1.77 bits per heavy atom. The first-order valence-corrected chi connectivity index (χ1v) is 11.1. The lowest BCUT2D eigenvalue weighted by molar-refractivity contribution is 0.183. The third kappa shape index (κ3) is 5.48. The van der Waals surface area contributed by atoms with Crippen molar-refractivity contribution >= 4 is 39.9 Å². The van der Waals surface area contributed by atoms with Gasteiger partial charge in [-0.3, -0.25) is 4.90 Å². The van der Waals surface area contributed by atoms with Crippen LogP contribution in [0.3, 0.4) is 0 Å². The Balaban J connectivity index is 0.00000256. The fourth-order valence-corrected chi connectivity index (χ4v) is 4.78. The molecule has 0 atom stereocenters. The first-order valence-electron chi connectivity index (χ1n) is 10.2. The molecule has 1 fully saturated rings. The Hall–Kier alpha value is -2.21. The number of likely N-dealkylation sites (tertiary alicyclic amines) is 1. The van der Waals surface area contributed by atoms with Gasteiger partial charge in [0, 0.05) is 16.6 Å². The maximum atomic E-state index is 9.77. The number of phenolic OH excluding ortho intramolecular Hbond substituents is 1. The molecule has 0 unspecified atom stereocenters. The van der Waals surface area contributed by atoms with Gasteiger partial charge in [0.15, 0.2) is 5.75 Å². The summed E-state index contributed by atoms with van der Waals surface area (Å²) in [5.74, 6) is 2.72. The van der Waals surface area contributed by atoms with E-state index in [1.54, 1.807) is 23.5 Å². The third-order valence-electron chi connectivity index (χ3n) is 5.14. The monoisotopic (exact) mass is 445 g/mol. The maximum Gasteiger partial charge on any atom is 0.153 e. The van der Waals surface area contributed by atoms with Gasteiger partial charge in [-0.15, -0.1) is 23.7 Å². The number of phenols is 1. The Labute approximate surface area is 188 Å². The molecule has 3 aromatic rings. The molecule has 1 saturated heterocycles. The summed E-state index contributed by atoms with van der Waals surface area (Å²) in [6.45, 7) is 6.07. The fraction of sp³-hybridized carbons (Fsp3) is 0.333. The normalized spacial score (nSPS) is 14.7. The number of aromatic hydroxyl groups is 1. The van der Waals surface area contributed by atoms with Crippen LogP contribution in [-0.4, -0.2) is 36.2 Å². The van der Waals surface area contributed by atoms with Crippen molar-refractivity contribution in [2.45, 2.75) is 26.2 Å². The summed E-state index contributed by atoms with van der Waals surface area (Å²) in [5, 5.41) is 10.8. The molecule has 30 heavy (non-hydrogen) atoms. The van der Waals surface area contributed by atoms with Gasteiger partial charge in [0.25, 0.3) is 0 Å². The van der Waals surface area contributed by atoms with Crippen molar-refractivity contribution < 1.29 is 14.6 Å². The van der Waals surface area contributed by atoms with Crippen LogP contribution in [0.4, 0.5) is 0 Å². The number of fused-ring (bicyclic) bond motifs is 1. The summed E-state index contributed by atoms with van der Waals surface area (Å²) in [6, 6.07) is 13.2. The fourth-order valence-electron chi connectivity index (χ4n) is 3.64. The van der Waals surface area contributed by atoms with Crippen molar-refractivity contribution in [3.05, 3.63) is 53.4 Å². The van der Waals surface area contributed by atoms with Gasteiger partial charge in [0.05, 0.1) is 4.88 Å².